The molecule has 19 heavy (non-hydrogen) atoms. The number of hydrogen-bond donors (Lipinski definition) is 1. The Labute approximate surface area is 115 Å². The third kappa shape index (κ3) is 5.30. The smallest absolute Gasteiger partial charge is 0.128 e. The van der Waals surface area contributed by atoms with E-state index in [1.807, 2.05) is 12.1 Å². The summed E-state index contributed by atoms with van der Waals surface area (Å²) >= 11 is 0. The van der Waals surface area contributed by atoms with Crippen molar-refractivity contribution in [3.05, 3.63) is 23.8 Å². The molecule has 0 bridgehead atoms. The van der Waals surface area contributed by atoms with Crippen LogP contribution >= 0.6 is 0 Å². The molecule has 4 heteroatoms. The summed E-state index contributed by atoms with van der Waals surface area (Å²) in [4.78, 5) is 6.72. The van der Waals surface area contributed by atoms with E-state index in [-0.39, 0.29) is 5.75 Å². The highest BCUT2D eigenvalue weighted by atomic mass is 16.5. The Balaban J connectivity index is 2.40. The fourth-order valence-electron chi connectivity index (χ4n) is 1.85. The topological polar surface area (TPSA) is 45.1 Å². The highest BCUT2D eigenvalue weighted by molar-refractivity contribution is 5.83. The lowest BCUT2D eigenvalue weighted by molar-refractivity contribution is 0.302. The first-order valence-electron chi connectivity index (χ1n) is 6.80. The molecule has 1 N–H and O–H groups in total. The normalized spacial score (nSPS) is 11.4. The number of phenols is 1. The number of methoxy groups -OCH3 is 1. The van der Waals surface area contributed by atoms with Gasteiger partial charge in [0.2, 0.25) is 0 Å². The van der Waals surface area contributed by atoms with E-state index in [2.05, 4.69) is 23.7 Å². The highest BCUT2D eigenvalue weighted by Crippen LogP contribution is 2.21. The minimum absolute atomic E-state index is 0.201. The predicted octanol–water partition coefficient (Wildman–Crippen LogP) is 2.55. The summed E-state index contributed by atoms with van der Waals surface area (Å²) in [5, 5.41) is 9.76. The molecule has 1 aromatic carbocycles. The molecule has 0 spiro atoms. The van der Waals surface area contributed by atoms with Crippen LogP contribution in [-0.2, 0) is 0 Å². The van der Waals surface area contributed by atoms with Gasteiger partial charge in [-0.1, -0.05) is 13.8 Å². The molecule has 0 radical (unpaired) electrons. The van der Waals surface area contributed by atoms with E-state index in [4.69, 9.17) is 4.74 Å². The summed E-state index contributed by atoms with van der Waals surface area (Å²) < 4.78 is 5.03. The number of phenolic OH excluding ortho intramolecular Hbond substituents is 1. The Morgan fingerprint density at radius 1 is 1.32 bits per heavy atom. The SMILES string of the molecule is CCN(CC)CCCN=Cc1ccc(OC)cc1O. The number of hydrogen-bond acceptors (Lipinski definition) is 4. The van der Waals surface area contributed by atoms with Crippen molar-refractivity contribution in [2.45, 2.75) is 20.3 Å². The van der Waals surface area contributed by atoms with Crippen LogP contribution in [0.4, 0.5) is 0 Å². The Bertz CT molecular complexity index is 401. The van der Waals surface area contributed by atoms with Crippen LogP contribution in [0.15, 0.2) is 23.2 Å². The predicted molar refractivity (Wildman–Crippen MR) is 79.5 cm³/mol. The van der Waals surface area contributed by atoms with Crippen LogP contribution in [0.3, 0.4) is 0 Å². The number of aliphatic imine (C=N–C) groups is 1. The Morgan fingerprint density at radius 2 is 2.05 bits per heavy atom. The third-order valence-corrected chi connectivity index (χ3v) is 3.12. The molecule has 0 amide bonds. The van der Waals surface area contributed by atoms with Crippen molar-refractivity contribution in [3.63, 3.8) is 0 Å². The van der Waals surface area contributed by atoms with Gasteiger partial charge in [-0.2, -0.15) is 0 Å². The van der Waals surface area contributed by atoms with Gasteiger partial charge in [-0.15, -0.1) is 0 Å². The molecule has 0 aliphatic heterocycles. The molecule has 0 aliphatic carbocycles. The first kappa shape index (κ1) is 15.5. The molecule has 1 rings (SSSR count). The van der Waals surface area contributed by atoms with Gasteiger partial charge in [0, 0.05) is 24.4 Å². The van der Waals surface area contributed by atoms with E-state index in [0.29, 0.717) is 5.75 Å². The summed E-state index contributed by atoms with van der Waals surface area (Å²) in [6.45, 7) is 8.35. The lowest BCUT2D eigenvalue weighted by atomic mass is 10.2. The maximum Gasteiger partial charge on any atom is 0.128 e. The molecule has 0 aromatic heterocycles. The van der Waals surface area contributed by atoms with Crippen LogP contribution < -0.4 is 4.74 Å². The van der Waals surface area contributed by atoms with Gasteiger partial charge in [0.05, 0.1) is 7.11 Å². The highest BCUT2D eigenvalue weighted by Gasteiger charge is 2.00. The molecule has 0 unspecified atom stereocenters. The van der Waals surface area contributed by atoms with E-state index >= 15 is 0 Å². The van der Waals surface area contributed by atoms with Crippen LogP contribution in [0.1, 0.15) is 25.8 Å². The van der Waals surface area contributed by atoms with E-state index in [0.717, 1.165) is 38.2 Å². The van der Waals surface area contributed by atoms with Gasteiger partial charge in [-0.25, -0.2) is 0 Å². The quantitative estimate of drug-likeness (QED) is 0.580. The Morgan fingerprint density at radius 3 is 2.63 bits per heavy atom. The molecule has 0 heterocycles. The molecular formula is C15H24N2O2. The number of nitrogens with zero attached hydrogens (tertiary/aromatic N) is 2. The van der Waals surface area contributed by atoms with Crippen LogP contribution in [0, 0.1) is 0 Å². The van der Waals surface area contributed by atoms with Crippen molar-refractivity contribution < 1.29 is 9.84 Å². The Hall–Kier alpha value is -1.55. The molecular weight excluding hydrogens is 240 g/mol. The maximum atomic E-state index is 9.76. The molecule has 4 nitrogen and oxygen atoms in total. The van der Waals surface area contributed by atoms with Gasteiger partial charge in [-0.05, 0) is 38.2 Å². The van der Waals surface area contributed by atoms with Gasteiger partial charge < -0.3 is 14.7 Å². The number of aromatic hydroxyl groups is 1. The van der Waals surface area contributed by atoms with Gasteiger partial charge in [0.25, 0.3) is 0 Å². The first-order valence-corrected chi connectivity index (χ1v) is 6.80. The fraction of sp³-hybridized carbons (Fsp3) is 0.533. The summed E-state index contributed by atoms with van der Waals surface area (Å²) in [5.74, 6) is 0.850. The zero-order chi connectivity index (χ0) is 14.1. The molecule has 0 atom stereocenters. The second-order valence-corrected chi connectivity index (χ2v) is 4.34. The lowest BCUT2D eigenvalue weighted by Crippen LogP contribution is -2.24. The summed E-state index contributed by atoms with van der Waals surface area (Å²) in [7, 11) is 1.58. The van der Waals surface area contributed by atoms with Crippen molar-refractivity contribution in [1.29, 1.82) is 0 Å². The minimum atomic E-state index is 0.201. The van der Waals surface area contributed by atoms with E-state index in [1.54, 1.807) is 19.4 Å². The molecule has 0 saturated heterocycles. The van der Waals surface area contributed by atoms with E-state index in [1.165, 1.54) is 0 Å². The van der Waals surface area contributed by atoms with Gasteiger partial charge in [0.1, 0.15) is 11.5 Å². The van der Waals surface area contributed by atoms with Crippen molar-refractivity contribution in [2.75, 3.05) is 33.3 Å². The molecule has 1 aromatic rings. The maximum absolute atomic E-state index is 9.76. The Kier molecular flexibility index (Phi) is 6.97. The average molecular weight is 264 g/mol. The van der Waals surface area contributed by atoms with Crippen molar-refractivity contribution in [1.82, 2.24) is 4.90 Å². The van der Waals surface area contributed by atoms with Crippen molar-refractivity contribution >= 4 is 6.21 Å². The van der Waals surface area contributed by atoms with Gasteiger partial charge in [0.15, 0.2) is 0 Å². The van der Waals surface area contributed by atoms with Gasteiger partial charge >= 0.3 is 0 Å². The van der Waals surface area contributed by atoms with E-state index < -0.39 is 0 Å². The monoisotopic (exact) mass is 264 g/mol. The summed E-state index contributed by atoms with van der Waals surface area (Å²) in [6.07, 6.45) is 2.76. The second-order valence-electron chi connectivity index (χ2n) is 4.34. The van der Waals surface area contributed by atoms with Gasteiger partial charge in [-0.3, -0.25) is 4.99 Å². The molecule has 0 saturated carbocycles. The fourth-order valence-corrected chi connectivity index (χ4v) is 1.85. The third-order valence-electron chi connectivity index (χ3n) is 3.12. The minimum Gasteiger partial charge on any atom is -0.507 e. The zero-order valence-electron chi connectivity index (χ0n) is 12.1. The molecule has 0 aliphatic rings. The van der Waals surface area contributed by atoms with Crippen LogP contribution in [0.2, 0.25) is 0 Å². The van der Waals surface area contributed by atoms with Crippen LogP contribution in [0.5, 0.6) is 11.5 Å². The van der Waals surface area contributed by atoms with Crippen molar-refractivity contribution in [3.8, 4) is 11.5 Å². The summed E-state index contributed by atoms with van der Waals surface area (Å²) in [5.41, 5.74) is 0.726. The standard InChI is InChI=1S/C15H24N2O2/c1-4-17(5-2)10-6-9-16-12-13-7-8-14(19-3)11-15(13)18/h7-8,11-12,18H,4-6,9-10H2,1-3H3. The summed E-state index contributed by atoms with van der Waals surface area (Å²) in [6, 6.07) is 5.22. The van der Waals surface area contributed by atoms with Crippen LogP contribution in [-0.4, -0.2) is 49.5 Å². The van der Waals surface area contributed by atoms with Crippen molar-refractivity contribution in [2.24, 2.45) is 4.99 Å². The molecule has 0 fully saturated rings. The van der Waals surface area contributed by atoms with E-state index in [9.17, 15) is 5.11 Å². The second kappa shape index (κ2) is 8.53. The lowest BCUT2D eigenvalue weighted by Gasteiger charge is -2.16. The average Bonchev–Trinajstić information content (AvgIpc) is 2.44. The van der Waals surface area contributed by atoms with Crippen LogP contribution in [0.25, 0.3) is 0 Å². The number of ether oxygens (including phenoxy) is 1. The number of rotatable bonds is 8. The zero-order valence-corrected chi connectivity index (χ0v) is 12.1. The number of benzene rings is 1. The first-order chi connectivity index (χ1) is 9.21. The largest absolute Gasteiger partial charge is 0.507 e. The molecule has 106 valence electrons.